The summed E-state index contributed by atoms with van der Waals surface area (Å²) >= 11 is 3.39. The smallest absolute Gasteiger partial charge is 0.326 e. The third-order valence-electron chi connectivity index (χ3n) is 3.64. The van der Waals surface area contributed by atoms with Gasteiger partial charge in [0.05, 0.1) is 4.47 Å². The van der Waals surface area contributed by atoms with Gasteiger partial charge in [0.1, 0.15) is 11.7 Å². The molecule has 0 spiro atoms. The first-order valence-corrected chi connectivity index (χ1v) is 7.54. The Morgan fingerprint density at radius 1 is 1.38 bits per heavy atom. The van der Waals surface area contributed by atoms with E-state index in [4.69, 9.17) is 0 Å². The zero-order valence-electron chi connectivity index (χ0n) is 11.8. The van der Waals surface area contributed by atoms with Gasteiger partial charge in [-0.15, -0.1) is 0 Å². The van der Waals surface area contributed by atoms with Crippen molar-refractivity contribution in [3.05, 3.63) is 34.4 Å². The fourth-order valence-electron chi connectivity index (χ4n) is 2.16. The van der Waals surface area contributed by atoms with E-state index < -0.39 is 17.9 Å². The minimum Gasteiger partial charge on any atom is -0.480 e. The van der Waals surface area contributed by atoms with Gasteiger partial charge in [0.2, 0.25) is 0 Å². The lowest BCUT2D eigenvalue weighted by Crippen LogP contribution is -2.45. The Balaban J connectivity index is 2.29. The molecule has 1 aromatic carbocycles. The van der Waals surface area contributed by atoms with E-state index in [0.29, 0.717) is 16.6 Å². The lowest BCUT2D eigenvalue weighted by atomic mass is 9.99. The van der Waals surface area contributed by atoms with Crippen LogP contribution in [-0.4, -0.2) is 28.0 Å². The fraction of sp³-hybridized carbons (Fsp3) is 0.333. The number of amides is 1. The van der Waals surface area contributed by atoms with E-state index >= 15 is 0 Å². The van der Waals surface area contributed by atoms with Crippen LogP contribution in [-0.2, 0) is 4.79 Å². The number of H-pyrrole nitrogens is 1. The van der Waals surface area contributed by atoms with Crippen LogP contribution < -0.4 is 5.32 Å². The van der Waals surface area contributed by atoms with Gasteiger partial charge in [-0.05, 0) is 27.9 Å². The number of carboxylic acid groups (broad SMARTS) is 1. The molecular weight excluding hydrogens is 336 g/mol. The van der Waals surface area contributed by atoms with Gasteiger partial charge in [-0.1, -0.05) is 38.5 Å². The van der Waals surface area contributed by atoms with E-state index in [-0.39, 0.29) is 5.92 Å². The highest BCUT2D eigenvalue weighted by Crippen LogP contribution is 2.27. The highest BCUT2D eigenvalue weighted by molar-refractivity contribution is 9.10. The van der Waals surface area contributed by atoms with Crippen LogP contribution in [0.4, 0.5) is 0 Å². The third kappa shape index (κ3) is 3.10. The second-order valence-electron chi connectivity index (χ2n) is 5.03. The van der Waals surface area contributed by atoms with Gasteiger partial charge in [0.15, 0.2) is 0 Å². The molecular formula is C15H17BrN2O3. The van der Waals surface area contributed by atoms with Crippen LogP contribution in [0.15, 0.2) is 28.7 Å². The molecule has 1 aromatic heterocycles. The van der Waals surface area contributed by atoms with Crippen LogP contribution in [0, 0.1) is 5.92 Å². The number of carbonyl (C=O) groups excluding carboxylic acids is 1. The maximum Gasteiger partial charge on any atom is 0.326 e. The zero-order valence-corrected chi connectivity index (χ0v) is 13.4. The Morgan fingerprint density at radius 2 is 2.05 bits per heavy atom. The minimum absolute atomic E-state index is 0.144. The molecule has 2 aromatic rings. The largest absolute Gasteiger partial charge is 0.480 e. The molecule has 0 fully saturated rings. The summed E-state index contributed by atoms with van der Waals surface area (Å²) < 4.78 is 0.642. The number of para-hydroxylation sites is 1. The first kappa shape index (κ1) is 15.6. The predicted molar refractivity (Wildman–Crippen MR) is 84.3 cm³/mol. The number of benzene rings is 1. The summed E-state index contributed by atoms with van der Waals surface area (Å²) in [6.07, 6.45) is 0.672. The molecule has 3 N–H and O–H groups in total. The second kappa shape index (κ2) is 6.30. The van der Waals surface area contributed by atoms with Crippen molar-refractivity contribution >= 4 is 38.7 Å². The van der Waals surface area contributed by atoms with Gasteiger partial charge in [-0.25, -0.2) is 4.79 Å². The maximum absolute atomic E-state index is 12.3. The van der Waals surface area contributed by atoms with Crippen molar-refractivity contribution in [2.24, 2.45) is 5.92 Å². The van der Waals surface area contributed by atoms with Crippen molar-refractivity contribution in [1.82, 2.24) is 10.3 Å². The van der Waals surface area contributed by atoms with Gasteiger partial charge in [-0.3, -0.25) is 4.79 Å². The minimum atomic E-state index is -1.02. The van der Waals surface area contributed by atoms with Crippen LogP contribution in [0.1, 0.15) is 30.8 Å². The number of rotatable bonds is 5. The van der Waals surface area contributed by atoms with Crippen LogP contribution in [0.25, 0.3) is 10.9 Å². The highest BCUT2D eigenvalue weighted by Gasteiger charge is 2.27. The van der Waals surface area contributed by atoms with E-state index in [1.165, 1.54) is 0 Å². The molecule has 1 amide bonds. The van der Waals surface area contributed by atoms with E-state index in [1.807, 2.05) is 31.2 Å². The lowest BCUT2D eigenvalue weighted by Gasteiger charge is -2.19. The molecule has 0 unspecified atom stereocenters. The molecule has 112 valence electrons. The third-order valence-corrected chi connectivity index (χ3v) is 4.46. The van der Waals surface area contributed by atoms with Crippen molar-refractivity contribution in [1.29, 1.82) is 0 Å². The van der Waals surface area contributed by atoms with E-state index in [9.17, 15) is 14.7 Å². The average Bonchev–Trinajstić information content (AvgIpc) is 2.81. The van der Waals surface area contributed by atoms with Crippen molar-refractivity contribution in [2.75, 3.05) is 0 Å². The van der Waals surface area contributed by atoms with Gasteiger partial charge >= 0.3 is 5.97 Å². The van der Waals surface area contributed by atoms with Gasteiger partial charge in [-0.2, -0.15) is 0 Å². The Hall–Kier alpha value is -1.82. The fourth-order valence-corrected chi connectivity index (χ4v) is 2.79. The van der Waals surface area contributed by atoms with Gasteiger partial charge < -0.3 is 15.4 Å². The monoisotopic (exact) mass is 352 g/mol. The van der Waals surface area contributed by atoms with Crippen LogP contribution >= 0.6 is 15.9 Å². The van der Waals surface area contributed by atoms with Gasteiger partial charge in [0, 0.05) is 10.9 Å². The van der Waals surface area contributed by atoms with E-state index in [2.05, 4.69) is 26.2 Å². The summed E-state index contributed by atoms with van der Waals surface area (Å²) in [5, 5.41) is 12.7. The topological polar surface area (TPSA) is 82.2 Å². The number of aromatic nitrogens is 1. The Bertz CT molecular complexity index is 681. The number of carbonyl (C=O) groups is 2. The van der Waals surface area contributed by atoms with E-state index in [0.717, 1.165) is 10.9 Å². The molecule has 0 aliphatic rings. The van der Waals surface area contributed by atoms with E-state index in [1.54, 1.807) is 6.92 Å². The first-order chi connectivity index (χ1) is 9.95. The summed E-state index contributed by atoms with van der Waals surface area (Å²) in [4.78, 5) is 26.6. The van der Waals surface area contributed by atoms with Crippen LogP contribution in [0.5, 0.6) is 0 Å². The Kier molecular flexibility index (Phi) is 4.67. The number of carboxylic acids is 1. The number of aliphatic carboxylic acids is 1. The van der Waals surface area contributed by atoms with Crippen LogP contribution in [0.3, 0.4) is 0 Å². The highest BCUT2D eigenvalue weighted by atomic mass is 79.9. The van der Waals surface area contributed by atoms with Crippen molar-refractivity contribution < 1.29 is 14.7 Å². The maximum atomic E-state index is 12.3. The molecule has 2 atom stereocenters. The van der Waals surface area contributed by atoms with Gasteiger partial charge in [0.25, 0.3) is 5.91 Å². The number of halogens is 1. The zero-order chi connectivity index (χ0) is 15.6. The molecule has 6 heteroatoms. The van der Waals surface area contributed by atoms with Crippen molar-refractivity contribution in [2.45, 2.75) is 26.3 Å². The molecule has 0 saturated heterocycles. The molecule has 5 nitrogen and oxygen atoms in total. The normalized spacial score (nSPS) is 13.9. The Labute approximate surface area is 130 Å². The van der Waals surface area contributed by atoms with Crippen molar-refractivity contribution in [3.63, 3.8) is 0 Å². The first-order valence-electron chi connectivity index (χ1n) is 6.75. The second-order valence-corrected chi connectivity index (χ2v) is 5.83. The summed E-state index contributed by atoms with van der Waals surface area (Å²) in [6, 6.07) is 6.59. The molecule has 0 bridgehead atoms. The number of fused-ring (bicyclic) bond motifs is 1. The number of hydrogen-bond donors (Lipinski definition) is 3. The summed E-state index contributed by atoms with van der Waals surface area (Å²) in [7, 11) is 0. The average molecular weight is 353 g/mol. The number of hydrogen-bond acceptors (Lipinski definition) is 2. The molecule has 0 saturated carbocycles. The SMILES string of the molecule is CC[C@H](C)[C@H](NC(=O)c1[nH]c2ccccc2c1Br)C(=O)O. The molecule has 0 aliphatic heterocycles. The molecule has 0 radical (unpaired) electrons. The quantitative estimate of drug-likeness (QED) is 0.772. The predicted octanol–water partition coefficient (Wildman–Crippen LogP) is 3.16. The molecule has 0 aliphatic carbocycles. The van der Waals surface area contributed by atoms with Crippen LogP contribution in [0.2, 0.25) is 0 Å². The Morgan fingerprint density at radius 3 is 2.62 bits per heavy atom. The summed E-state index contributed by atoms with van der Waals surface area (Å²) in [5.74, 6) is -1.59. The number of aromatic amines is 1. The standard InChI is InChI=1S/C15H17BrN2O3/c1-3-8(2)12(15(20)21)18-14(19)13-11(16)9-6-4-5-7-10(9)17-13/h4-8,12,17H,3H2,1-2H3,(H,18,19)(H,20,21)/t8-,12-/m0/s1. The summed E-state index contributed by atoms with van der Waals surface area (Å²) in [6.45, 7) is 3.70. The molecule has 2 rings (SSSR count). The molecule has 1 heterocycles. The van der Waals surface area contributed by atoms with Crippen molar-refractivity contribution in [3.8, 4) is 0 Å². The number of nitrogens with one attached hydrogen (secondary N) is 2. The summed E-state index contributed by atoms with van der Waals surface area (Å²) in [5.41, 5.74) is 1.16. The molecule has 21 heavy (non-hydrogen) atoms. The lowest BCUT2D eigenvalue weighted by molar-refractivity contribution is -0.140.